The van der Waals surface area contributed by atoms with Crippen molar-refractivity contribution in [1.82, 2.24) is 15.3 Å². The van der Waals surface area contributed by atoms with Gasteiger partial charge in [-0.05, 0) is 31.4 Å². The summed E-state index contributed by atoms with van der Waals surface area (Å²) in [4.78, 5) is 20.9. The fraction of sp³-hybridized carbons (Fsp3) is 0.714. The minimum absolute atomic E-state index is 0.0821. The van der Waals surface area contributed by atoms with Gasteiger partial charge in [0.05, 0.1) is 0 Å². The number of H-pyrrole nitrogens is 1. The van der Waals surface area contributed by atoms with E-state index in [0.29, 0.717) is 17.9 Å². The number of nitrogens with zero attached hydrogens (tertiary/aromatic N) is 2. The van der Waals surface area contributed by atoms with Crippen LogP contribution in [0.4, 0.5) is 5.82 Å². The van der Waals surface area contributed by atoms with E-state index < -0.39 is 0 Å². The van der Waals surface area contributed by atoms with Crippen molar-refractivity contribution < 1.29 is 0 Å². The van der Waals surface area contributed by atoms with Gasteiger partial charge in [0.25, 0.3) is 5.56 Å². The summed E-state index contributed by atoms with van der Waals surface area (Å²) >= 11 is 2.05. The van der Waals surface area contributed by atoms with Crippen molar-refractivity contribution in [3.63, 3.8) is 0 Å². The second kappa shape index (κ2) is 6.63. The minimum Gasteiger partial charge on any atom is -0.350 e. The molecule has 0 bridgehead atoms. The molecule has 2 atom stereocenters. The molecule has 0 aromatic carbocycles. The van der Waals surface area contributed by atoms with E-state index >= 15 is 0 Å². The number of hydrogen-bond acceptors (Lipinski definition) is 5. The first-order valence-electron chi connectivity index (χ1n) is 7.45. The fourth-order valence-corrected chi connectivity index (χ4v) is 4.17. The van der Waals surface area contributed by atoms with E-state index in [1.54, 1.807) is 12.4 Å². The Kier molecular flexibility index (Phi) is 4.62. The first kappa shape index (κ1) is 13.9. The largest absolute Gasteiger partial charge is 0.350 e. The predicted octanol–water partition coefficient (Wildman–Crippen LogP) is 1.22. The molecule has 1 aromatic heterocycles. The van der Waals surface area contributed by atoms with Gasteiger partial charge in [0.2, 0.25) is 0 Å². The van der Waals surface area contributed by atoms with Gasteiger partial charge in [0.1, 0.15) is 0 Å². The van der Waals surface area contributed by atoms with E-state index in [1.807, 2.05) is 11.8 Å². The van der Waals surface area contributed by atoms with Crippen LogP contribution in [0.1, 0.15) is 25.7 Å². The molecule has 0 saturated carbocycles. The predicted molar refractivity (Wildman–Crippen MR) is 83.6 cm³/mol. The second-order valence-corrected chi connectivity index (χ2v) is 6.76. The van der Waals surface area contributed by atoms with E-state index in [2.05, 4.69) is 20.2 Å². The molecular weight excluding hydrogens is 272 g/mol. The Morgan fingerprint density at radius 1 is 1.35 bits per heavy atom. The molecule has 0 radical (unpaired) electrons. The molecule has 2 aliphatic heterocycles. The van der Waals surface area contributed by atoms with Crippen LogP contribution in [-0.4, -0.2) is 46.6 Å². The number of hydrogen-bond donors (Lipinski definition) is 2. The van der Waals surface area contributed by atoms with Crippen LogP contribution in [0.3, 0.4) is 0 Å². The molecule has 6 heteroatoms. The Morgan fingerprint density at radius 3 is 3.05 bits per heavy atom. The maximum atomic E-state index is 11.8. The second-order valence-electron chi connectivity index (χ2n) is 5.61. The van der Waals surface area contributed by atoms with Gasteiger partial charge < -0.3 is 15.2 Å². The monoisotopic (exact) mass is 294 g/mol. The van der Waals surface area contributed by atoms with Crippen molar-refractivity contribution >= 4 is 17.6 Å². The Hall–Kier alpha value is -1.01. The van der Waals surface area contributed by atoms with Gasteiger partial charge in [-0.15, -0.1) is 0 Å². The molecule has 20 heavy (non-hydrogen) atoms. The van der Waals surface area contributed by atoms with E-state index in [1.165, 1.54) is 30.8 Å². The van der Waals surface area contributed by atoms with Gasteiger partial charge in [-0.25, -0.2) is 4.98 Å². The Morgan fingerprint density at radius 2 is 2.25 bits per heavy atom. The van der Waals surface area contributed by atoms with E-state index in [-0.39, 0.29) is 5.56 Å². The number of aromatic amines is 1. The SMILES string of the molecule is O=c1[nH]ccnc1N1CCC[C@@H](N[C@H]2CCCSC2)C1. The number of thioether (sulfide) groups is 1. The highest BCUT2D eigenvalue weighted by molar-refractivity contribution is 7.99. The summed E-state index contributed by atoms with van der Waals surface area (Å²) < 4.78 is 0. The smallest absolute Gasteiger partial charge is 0.290 e. The highest BCUT2D eigenvalue weighted by Crippen LogP contribution is 2.20. The third-order valence-electron chi connectivity index (χ3n) is 4.04. The van der Waals surface area contributed by atoms with Crippen molar-refractivity contribution in [2.75, 3.05) is 29.5 Å². The van der Waals surface area contributed by atoms with E-state index in [0.717, 1.165) is 19.5 Å². The molecule has 5 nitrogen and oxygen atoms in total. The van der Waals surface area contributed by atoms with E-state index in [4.69, 9.17) is 0 Å². The van der Waals surface area contributed by atoms with Crippen molar-refractivity contribution in [1.29, 1.82) is 0 Å². The first-order valence-corrected chi connectivity index (χ1v) is 8.61. The van der Waals surface area contributed by atoms with Crippen LogP contribution in [0.15, 0.2) is 17.2 Å². The highest BCUT2D eigenvalue weighted by atomic mass is 32.2. The summed E-state index contributed by atoms with van der Waals surface area (Å²) in [6, 6.07) is 1.12. The highest BCUT2D eigenvalue weighted by Gasteiger charge is 2.25. The maximum absolute atomic E-state index is 11.8. The van der Waals surface area contributed by atoms with Gasteiger partial charge in [0, 0.05) is 43.3 Å². The summed E-state index contributed by atoms with van der Waals surface area (Å²) in [7, 11) is 0. The Balaban J connectivity index is 1.61. The number of anilines is 1. The molecule has 2 saturated heterocycles. The molecular formula is C14H22N4OS. The lowest BCUT2D eigenvalue weighted by atomic mass is 10.0. The minimum atomic E-state index is -0.0821. The van der Waals surface area contributed by atoms with Gasteiger partial charge >= 0.3 is 0 Å². The molecule has 3 heterocycles. The third-order valence-corrected chi connectivity index (χ3v) is 5.26. The Bertz CT molecular complexity index is 486. The van der Waals surface area contributed by atoms with Crippen LogP contribution in [-0.2, 0) is 0 Å². The van der Waals surface area contributed by atoms with E-state index in [9.17, 15) is 4.79 Å². The standard InChI is InChI=1S/C14H22N4OS/c19-14-13(15-5-6-16-14)18-7-1-3-11(9-18)17-12-4-2-8-20-10-12/h5-6,11-12,17H,1-4,7-10H2,(H,16,19)/t11-,12+/m1/s1. The lowest BCUT2D eigenvalue weighted by molar-refractivity contribution is 0.371. The molecule has 0 amide bonds. The number of rotatable bonds is 3. The molecule has 2 fully saturated rings. The lowest BCUT2D eigenvalue weighted by Gasteiger charge is -2.36. The quantitative estimate of drug-likeness (QED) is 0.878. The maximum Gasteiger partial charge on any atom is 0.290 e. The normalized spacial score (nSPS) is 27.5. The fourth-order valence-electron chi connectivity index (χ4n) is 3.08. The Labute approximate surface area is 123 Å². The zero-order valence-electron chi connectivity index (χ0n) is 11.7. The summed E-state index contributed by atoms with van der Waals surface area (Å²) in [6.45, 7) is 1.82. The van der Waals surface area contributed by atoms with Gasteiger partial charge in [0.15, 0.2) is 5.82 Å². The van der Waals surface area contributed by atoms with Crippen LogP contribution in [0.5, 0.6) is 0 Å². The zero-order chi connectivity index (χ0) is 13.8. The van der Waals surface area contributed by atoms with Crippen molar-refractivity contribution in [3.05, 3.63) is 22.7 Å². The summed E-state index contributed by atoms with van der Waals surface area (Å²) in [5, 5.41) is 3.77. The van der Waals surface area contributed by atoms with Crippen LogP contribution in [0.2, 0.25) is 0 Å². The molecule has 0 aliphatic carbocycles. The molecule has 110 valence electrons. The average molecular weight is 294 g/mol. The third kappa shape index (κ3) is 3.35. The van der Waals surface area contributed by atoms with Gasteiger partial charge in [-0.3, -0.25) is 4.79 Å². The van der Waals surface area contributed by atoms with Gasteiger partial charge in [-0.1, -0.05) is 0 Å². The van der Waals surface area contributed by atoms with Crippen LogP contribution in [0.25, 0.3) is 0 Å². The molecule has 2 aliphatic rings. The average Bonchev–Trinajstić information content (AvgIpc) is 2.49. The van der Waals surface area contributed by atoms with Crippen LogP contribution >= 0.6 is 11.8 Å². The number of aromatic nitrogens is 2. The van der Waals surface area contributed by atoms with Crippen molar-refractivity contribution in [3.8, 4) is 0 Å². The number of nitrogens with one attached hydrogen (secondary N) is 2. The zero-order valence-corrected chi connectivity index (χ0v) is 12.5. The van der Waals surface area contributed by atoms with Gasteiger partial charge in [-0.2, -0.15) is 11.8 Å². The first-order chi connectivity index (χ1) is 9.83. The topological polar surface area (TPSA) is 61.0 Å². The molecule has 0 unspecified atom stereocenters. The molecule has 1 aromatic rings. The summed E-state index contributed by atoms with van der Waals surface area (Å²) in [5.74, 6) is 3.09. The molecule has 3 rings (SSSR count). The van der Waals surface area contributed by atoms with Crippen LogP contribution in [0, 0.1) is 0 Å². The summed E-state index contributed by atoms with van der Waals surface area (Å²) in [5.41, 5.74) is -0.0821. The van der Waals surface area contributed by atoms with Crippen molar-refractivity contribution in [2.24, 2.45) is 0 Å². The molecule has 2 N–H and O–H groups in total. The lowest BCUT2D eigenvalue weighted by Crippen LogP contribution is -2.51. The summed E-state index contributed by atoms with van der Waals surface area (Å²) in [6.07, 6.45) is 8.17. The number of piperidine rings is 1. The molecule has 0 spiro atoms. The van der Waals surface area contributed by atoms with Crippen LogP contribution < -0.4 is 15.8 Å². The van der Waals surface area contributed by atoms with Crippen molar-refractivity contribution in [2.45, 2.75) is 37.8 Å².